The lowest BCUT2D eigenvalue weighted by atomic mass is 9.87. The van der Waals surface area contributed by atoms with E-state index >= 15 is 0 Å². The number of nitrogens with zero attached hydrogens (tertiary/aromatic N) is 2. The van der Waals surface area contributed by atoms with Crippen molar-refractivity contribution in [2.75, 3.05) is 6.61 Å². The van der Waals surface area contributed by atoms with E-state index in [1.54, 1.807) is 0 Å². The van der Waals surface area contributed by atoms with E-state index in [9.17, 15) is 136 Å². The Morgan fingerprint density at radius 3 is 1.09 bits per heavy atom. The Bertz CT molecular complexity index is 1960. The third-order valence-corrected chi connectivity index (χ3v) is 8.22. The van der Waals surface area contributed by atoms with Crippen LogP contribution >= 0.6 is 0 Å². The minimum absolute atomic E-state index is 0.0480. The van der Waals surface area contributed by atoms with Gasteiger partial charge in [0.15, 0.2) is 12.4 Å². The van der Waals surface area contributed by atoms with Gasteiger partial charge in [-0.05, 0) is 42.7 Å². The highest BCUT2D eigenvalue weighted by Gasteiger charge is 2.97. The zero-order valence-corrected chi connectivity index (χ0v) is 30.6. The number of benzene rings is 1. The first-order chi connectivity index (χ1) is 28.9. The van der Waals surface area contributed by atoms with Crippen molar-refractivity contribution in [2.24, 2.45) is 0 Å². The van der Waals surface area contributed by atoms with Crippen LogP contribution in [0.5, 0.6) is 5.75 Å². The minimum Gasteiger partial charge on any atom is -0.487 e. The van der Waals surface area contributed by atoms with Gasteiger partial charge in [-0.15, -0.1) is 0 Å². The maximum atomic E-state index is 14.3. The van der Waals surface area contributed by atoms with Crippen molar-refractivity contribution in [1.29, 1.82) is 0 Å². The zero-order chi connectivity index (χ0) is 52.4. The summed E-state index contributed by atoms with van der Waals surface area (Å²) in [5, 5.41) is 0. The summed E-state index contributed by atoms with van der Waals surface area (Å²) in [6, 6.07) is 2.63. The third kappa shape index (κ3) is 9.23. The van der Waals surface area contributed by atoms with Gasteiger partial charge in [0.05, 0.1) is 0 Å². The normalized spacial score (nSPS) is 15.6. The Labute approximate surface area is 343 Å². The Morgan fingerprint density at radius 2 is 0.742 bits per heavy atom. The van der Waals surface area contributed by atoms with Crippen LogP contribution in [-0.2, 0) is 15.9 Å². The number of ether oxygens (including phenoxy) is 3. The van der Waals surface area contributed by atoms with Crippen LogP contribution in [0.4, 0.5) is 136 Å². The summed E-state index contributed by atoms with van der Waals surface area (Å²) in [6.45, 7) is -1.58. The van der Waals surface area contributed by atoms with Crippen molar-refractivity contribution in [3.8, 4) is 17.1 Å². The SMILES string of the molecule is CCCCc1cnc(-c2ccc(OCC(F)(F)C(F)(F)C(F)(F)C(F)(F)C(F)(F)C(F)(F)C(F)(F)C(F)(F)C(F)(F)OC(F)(F)C(F)(F)OC(F)(F)C(F)(F)C(F)(F)C(F)(F)F)cc2)nc1. The van der Waals surface area contributed by atoms with Crippen molar-refractivity contribution < 1.29 is 150 Å². The highest BCUT2D eigenvalue weighted by molar-refractivity contribution is 5.56. The fraction of sp³-hybridized carbons (Fsp3) is 0.667. The molecule has 1 aromatic heterocycles. The van der Waals surface area contributed by atoms with Crippen LogP contribution < -0.4 is 4.74 Å². The van der Waals surface area contributed by atoms with Crippen molar-refractivity contribution in [3.05, 3.63) is 42.2 Å². The van der Waals surface area contributed by atoms with E-state index < -0.39 is 102 Å². The van der Waals surface area contributed by atoms with Crippen LogP contribution in [-0.4, -0.2) is 106 Å². The van der Waals surface area contributed by atoms with E-state index in [1.807, 2.05) is 6.92 Å². The molecule has 0 amide bonds. The fourth-order valence-corrected chi connectivity index (χ4v) is 4.31. The predicted molar refractivity (Wildman–Crippen MR) is 149 cm³/mol. The number of aromatic nitrogens is 2. The van der Waals surface area contributed by atoms with Gasteiger partial charge in [-0.1, -0.05) is 13.3 Å². The molecule has 0 aliphatic heterocycles. The van der Waals surface area contributed by atoms with Gasteiger partial charge in [-0.3, -0.25) is 0 Å². The molecule has 1 aromatic carbocycles. The molecule has 0 N–H and O–H groups in total. The van der Waals surface area contributed by atoms with E-state index in [2.05, 4.69) is 14.7 Å². The molecule has 0 fully saturated rings. The Balaban J connectivity index is 2.47. The molecule has 5 nitrogen and oxygen atoms in total. The molecule has 0 unspecified atom stereocenters. The highest BCUT2D eigenvalue weighted by atomic mass is 19.4. The Kier molecular flexibility index (Phi) is 15.0. The smallest absolute Gasteiger partial charge is 0.460 e. The summed E-state index contributed by atoms with van der Waals surface area (Å²) in [5.41, 5.74) is 0.561. The lowest BCUT2D eigenvalue weighted by Gasteiger charge is -2.44. The number of alkyl halides is 31. The molecule has 0 atom stereocenters. The van der Waals surface area contributed by atoms with E-state index in [0.717, 1.165) is 28.0 Å². The van der Waals surface area contributed by atoms with E-state index in [-0.39, 0.29) is 11.4 Å². The lowest BCUT2D eigenvalue weighted by Crippen LogP contribution is -2.76. The lowest BCUT2D eigenvalue weighted by molar-refractivity contribution is -0.560. The van der Waals surface area contributed by atoms with Gasteiger partial charge < -0.3 is 4.74 Å². The van der Waals surface area contributed by atoms with Gasteiger partial charge in [0.25, 0.3) is 0 Å². The number of rotatable bonds is 22. The summed E-state index contributed by atoms with van der Waals surface area (Å²) in [7, 11) is 0. The minimum atomic E-state index is -9.72. The molecule has 36 heteroatoms. The molecule has 2 rings (SSSR count). The molecule has 0 aliphatic rings. The summed E-state index contributed by atoms with van der Waals surface area (Å²) in [6.07, 6.45) is -38.5. The standard InChI is InChI=1S/C30H17F31N2O3/c1-2-3-4-12-9-62-15(63-10-12)13-5-7-14(8-6-13)64-11-16(31,32)17(33,34)18(35,36)19(37,38)20(39,40)21(41,42)22(43,44)24(47,48)27(54,55)65-29(58,59)30(60,61)66-28(56,57)25(49,50)23(45,46)26(51,52)53/h5-10H,2-4,11H2,1H3. The number of hydrogen-bond acceptors (Lipinski definition) is 5. The first-order valence-corrected chi connectivity index (χ1v) is 16.2. The van der Waals surface area contributed by atoms with Gasteiger partial charge >= 0.3 is 89.8 Å². The first-order valence-electron chi connectivity index (χ1n) is 16.2. The molecular weight excluding hydrogens is 1030 g/mol. The second-order valence-electron chi connectivity index (χ2n) is 13.0. The number of halogens is 31. The molecule has 0 aliphatic carbocycles. The average Bonchev–Trinajstić information content (AvgIpc) is 3.14. The number of unbranched alkanes of at least 4 members (excludes halogenated alkanes) is 1. The monoisotopic (exact) mass is 1040 g/mol. The van der Waals surface area contributed by atoms with Crippen LogP contribution in [0.15, 0.2) is 36.7 Å². The number of hydrogen-bond donors (Lipinski definition) is 0. The Morgan fingerprint density at radius 1 is 0.409 bits per heavy atom. The van der Waals surface area contributed by atoms with Crippen molar-refractivity contribution in [3.63, 3.8) is 0 Å². The van der Waals surface area contributed by atoms with E-state index in [1.165, 1.54) is 12.4 Å². The zero-order valence-electron chi connectivity index (χ0n) is 30.6. The average molecular weight is 1040 g/mol. The van der Waals surface area contributed by atoms with Crippen LogP contribution in [0.25, 0.3) is 11.4 Å². The fourth-order valence-electron chi connectivity index (χ4n) is 4.31. The molecular formula is C30H17F31N2O3. The predicted octanol–water partition coefficient (Wildman–Crippen LogP) is 13.2. The quantitative estimate of drug-likeness (QED) is 0.110. The second kappa shape index (κ2) is 17.1. The molecule has 0 bridgehead atoms. The van der Waals surface area contributed by atoms with Gasteiger partial charge in [-0.25, -0.2) is 19.4 Å². The highest BCUT2D eigenvalue weighted by Crippen LogP contribution is 2.66. The number of aryl methyl sites for hydroxylation is 1. The first kappa shape index (κ1) is 58.0. The van der Waals surface area contributed by atoms with E-state index in [0.29, 0.717) is 30.5 Å². The maximum Gasteiger partial charge on any atom is 0.460 e. The van der Waals surface area contributed by atoms with Crippen LogP contribution in [0.3, 0.4) is 0 Å². The largest absolute Gasteiger partial charge is 0.487 e. The molecule has 0 saturated carbocycles. The molecule has 2 aromatic rings. The summed E-state index contributed by atoms with van der Waals surface area (Å²) in [4.78, 5) is 7.81. The van der Waals surface area contributed by atoms with Crippen LogP contribution in [0.2, 0.25) is 0 Å². The van der Waals surface area contributed by atoms with Crippen LogP contribution in [0, 0.1) is 0 Å². The molecule has 0 spiro atoms. The van der Waals surface area contributed by atoms with Gasteiger partial charge in [-0.2, -0.15) is 136 Å². The summed E-state index contributed by atoms with van der Waals surface area (Å²) >= 11 is 0. The third-order valence-electron chi connectivity index (χ3n) is 8.22. The second-order valence-corrected chi connectivity index (χ2v) is 13.0. The van der Waals surface area contributed by atoms with Crippen LogP contribution in [0.1, 0.15) is 25.3 Å². The summed E-state index contributed by atoms with van der Waals surface area (Å²) < 4.78 is 430. The molecule has 0 radical (unpaired) electrons. The van der Waals surface area contributed by atoms with Gasteiger partial charge in [0.1, 0.15) is 5.75 Å². The van der Waals surface area contributed by atoms with E-state index in [4.69, 9.17) is 0 Å². The maximum absolute atomic E-state index is 14.3. The van der Waals surface area contributed by atoms with Crippen molar-refractivity contribution >= 4 is 0 Å². The van der Waals surface area contributed by atoms with Crippen molar-refractivity contribution in [1.82, 2.24) is 9.97 Å². The van der Waals surface area contributed by atoms with Gasteiger partial charge in [0.2, 0.25) is 0 Å². The molecule has 0 saturated heterocycles. The molecule has 66 heavy (non-hydrogen) atoms. The molecule has 1 heterocycles. The Hall–Kier alpha value is -4.15. The summed E-state index contributed by atoms with van der Waals surface area (Å²) in [5.74, 6) is -90.8. The molecule has 382 valence electrons. The van der Waals surface area contributed by atoms with Crippen molar-refractivity contribution in [2.45, 2.75) is 116 Å². The topological polar surface area (TPSA) is 53.5 Å². The van der Waals surface area contributed by atoms with Gasteiger partial charge in [0, 0.05) is 18.0 Å².